The van der Waals surface area contributed by atoms with Crippen LogP contribution in [0.5, 0.6) is 0 Å². The maximum absolute atomic E-state index is 12.0. The van der Waals surface area contributed by atoms with Gasteiger partial charge in [0.1, 0.15) is 6.10 Å². The summed E-state index contributed by atoms with van der Waals surface area (Å²) in [6.07, 6.45) is 11.5. The van der Waals surface area contributed by atoms with Crippen LogP contribution in [0.1, 0.15) is 75.1 Å². The van der Waals surface area contributed by atoms with E-state index in [-0.39, 0.29) is 18.0 Å². The summed E-state index contributed by atoms with van der Waals surface area (Å²) >= 11 is 0. The molecule has 0 N–H and O–H groups in total. The van der Waals surface area contributed by atoms with E-state index in [0.29, 0.717) is 24.5 Å². The summed E-state index contributed by atoms with van der Waals surface area (Å²) in [6.45, 7) is 2.65. The molecule has 0 amide bonds. The monoisotopic (exact) mass is 347 g/mol. The van der Waals surface area contributed by atoms with Crippen molar-refractivity contribution in [1.29, 1.82) is 0 Å². The van der Waals surface area contributed by atoms with Crippen LogP contribution in [0.4, 0.5) is 0 Å². The van der Waals surface area contributed by atoms with E-state index in [0.717, 1.165) is 38.5 Å². The minimum atomic E-state index is -0.310. The minimum absolute atomic E-state index is 0.0475. The summed E-state index contributed by atoms with van der Waals surface area (Å²) in [5.41, 5.74) is 0.488. The van der Waals surface area contributed by atoms with Crippen molar-refractivity contribution in [2.45, 2.75) is 70.8 Å². The van der Waals surface area contributed by atoms with Crippen molar-refractivity contribution < 1.29 is 19.1 Å². The first-order valence-corrected chi connectivity index (χ1v) is 9.45. The number of carbonyl (C=O) groups excluding carboxylic acids is 2. The average Bonchev–Trinajstić information content (AvgIpc) is 2.65. The smallest absolute Gasteiger partial charge is 0.339 e. The summed E-state index contributed by atoms with van der Waals surface area (Å²) in [6, 6.07) is 3.44. The van der Waals surface area contributed by atoms with Gasteiger partial charge in [-0.25, -0.2) is 4.79 Å². The Morgan fingerprint density at radius 3 is 2.64 bits per heavy atom. The minimum Gasteiger partial charge on any atom is -0.465 e. The summed E-state index contributed by atoms with van der Waals surface area (Å²) < 4.78 is 10.9. The van der Waals surface area contributed by atoms with E-state index in [1.807, 2.05) is 0 Å². The van der Waals surface area contributed by atoms with Gasteiger partial charge >= 0.3 is 11.9 Å². The zero-order chi connectivity index (χ0) is 17.9. The van der Waals surface area contributed by atoms with Gasteiger partial charge in [-0.05, 0) is 50.2 Å². The standard InChI is InChI=1S/C20H29NO4/c1-2-3-4-5-8-19(22)24-15-16-9-11-18(12-10-16)25-20(23)17-7-6-13-21-14-17/h6-7,13-14,16,18H,2-5,8-12,15H2,1H3. The van der Waals surface area contributed by atoms with E-state index in [1.54, 1.807) is 18.3 Å². The van der Waals surface area contributed by atoms with E-state index in [9.17, 15) is 9.59 Å². The Labute approximate surface area is 150 Å². The molecule has 5 nitrogen and oxygen atoms in total. The zero-order valence-corrected chi connectivity index (χ0v) is 15.1. The molecule has 0 unspecified atom stereocenters. The first kappa shape index (κ1) is 19.4. The van der Waals surface area contributed by atoms with Gasteiger partial charge in [0, 0.05) is 18.8 Å². The Hall–Kier alpha value is -1.91. The van der Waals surface area contributed by atoms with Crippen LogP contribution in [-0.2, 0) is 14.3 Å². The summed E-state index contributed by atoms with van der Waals surface area (Å²) in [5.74, 6) is -0.00998. The maximum Gasteiger partial charge on any atom is 0.339 e. The van der Waals surface area contributed by atoms with Gasteiger partial charge in [-0.15, -0.1) is 0 Å². The van der Waals surface area contributed by atoms with Gasteiger partial charge in [0.25, 0.3) is 0 Å². The van der Waals surface area contributed by atoms with Crippen molar-refractivity contribution in [2.24, 2.45) is 5.92 Å². The van der Waals surface area contributed by atoms with Crippen LogP contribution in [0.15, 0.2) is 24.5 Å². The van der Waals surface area contributed by atoms with Crippen molar-refractivity contribution in [3.63, 3.8) is 0 Å². The van der Waals surface area contributed by atoms with Crippen LogP contribution in [0.3, 0.4) is 0 Å². The number of esters is 2. The quantitative estimate of drug-likeness (QED) is 0.492. The van der Waals surface area contributed by atoms with Crippen molar-refractivity contribution in [3.05, 3.63) is 30.1 Å². The predicted octanol–water partition coefficient (Wildman–Crippen LogP) is 4.31. The van der Waals surface area contributed by atoms with E-state index >= 15 is 0 Å². The fraction of sp³-hybridized carbons (Fsp3) is 0.650. The molecule has 0 bridgehead atoms. The molecule has 0 spiro atoms. The Balaban J connectivity index is 1.60. The number of hydrogen-bond donors (Lipinski definition) is 0. The van der Waals surface area contributed by atoms with Crippen LogP contribution >= 0.6 is 0 Å². The molecule has 25 heavy (non-hydrogen) atoms. The number of ether oxygens (including phenoxy) is 2. The molecular weight excluding hydrogens is 318 g/mol. The molecule has 1 aliphatic rings. The molecular formula is C20H29NO4. The Kier molecular flexibility index (Phi) is 8.43. The van der Waals surface area contributed by atoms with Gasteiger partial charge in [0.2, 0.25) is 0 Å². The second-order valence-electron chi connectivity index (χ2n) is 6.78. The fourth-order valence-electron chi connectivity index (χ4n) is 3.10. The highest BCUT2D eigenvalue weighted by Crippen LogP contribution is 2.27. The average molecular weight is 347 g/mol. The first-order chi connectivity index (χ1) is 12.2. The molecule has 1 aliphatic carbocycles. The summed E-state index contributed by atoms with van der Waals surface area (Å²) in [5, 5.41) is 0. The lowest BCUT2D eigenvalue weighted by Gasteiger charge is -2.28. The third kappa shape index (κ3) is 7.24. The Bertz CT molecular complexity index is 524. The molecule has 0 radical (unpaired) electrons. The second-order valence-corrected chi connectivity index (χ2v) is 6.78. The van der Waals surface area contributed by atoms with Gasteiger partial charge in [-0.2, -0.15) is 0 Å². The number of hydrogen-bond acceptors (Lipinski definition) is 5. The van der Waals surface area contributed by atoms with Crippen molar-refractivity contribution in [1.82, 2.24) is 4.98 Å². The lowest BCUT2D eigenvalue weighted by molar-refractivity contribution is -0.145. The summed E-state index contributed by atoms with van der Waals surface area (Å²) in [4.78, 5) is 27.7. The van der Waals surface area contributed by atoms with Gasteiger partial charge in [0.05, 0.1) is 12.2 Å². The zero-order valence-electron chi connectivity index (χ0n) is 15.1. The highest BCUT2D eigenvalue weighted by atomic mass is 16.5. The molecule has 1 aromatic heterocycles. The van der Waals surface area contributed by atoms with Crippen molar-refractivity contribution in [3.8, 4) is 0 Å². The molecule has 1 fully saturated rings. The SMILES string of the molecule is CCCCCCC(=O)OCC1CCC(OC(=O)c2cccnc2)CC1. The number of nitrogens with zero attached hydrogens (tertiary/aromatic N) is 1. The highest BCUT2D eigenvalue weighted by molar-refractivity contribution is 5.89. The first-order valence-electron chi connectivity index (χ1n) is 9.45. The Morgan fingerprint density at radius 2 is 1.96 bits per heavy atom. The van der Waals surface area contributed by atoms with Gasteiger partial charge in [-0.1, -0.05) is 26.2 Å². The van der Waals surface area contributed by atoms with Crippen molar-refractivity contribution >= 4 is 11.9 Å². The molecule has 0 aromatic carbocycles. The van der Waals surface area contributed by atoms with Gasteiger partial charge in [-0.3, -0.25) is 9.78 Å². The van der Waals surface area contributed by atoms with E-state index in [2.05, 4.69) is 11.9 Å². The molecule has 2 rings (SSSR count). The Morgan fingerprint density at radius 1 is 1.16 bits per heavy atom. The molecule has 0 atom stereocenters. The third-order valence-corrected chi connectivity index (χ3v) is 4.68. The van der Waals surface area contributed by atoms with Crippen LogP contribution in [0.25, 0.3) is 0 Å². The molecule has 0 saturated heterocycles. The lowest BCUT2D eigenvalue weighted by atomic mass is 9.88. The lowest BCUT2D eigenvalue weighted by Crippen LogP contribution is -2.27. The predicted molar refractivity (Wildman–Crippen MR) is 95.1 cm³/mol. The number of aromatic nitrogens is 1. The second kappa shape index (κ2) is 10.9. The number of rotatable bonds is 9. The normalized spacial score (nSPS) is 20.0. The molecule has 138 valence electrons. The van der Waals surface area contributed by atoms with Crippen LogP contribution in [0, 0.1) is 5.92 Å². The highest BCUT2D eigenvalue weighted by Gasteiger charge is 2.25. The fourth-order valence-corrected chi connectivity index (χ4v) is 3.10. The number of carbonyl (C=O) groups is 2. The number of pyridine rings is 1. The molecule has 1 saturated carbocycles. The van der Waals surface area contributed by atoms with Crippen molar-refractivity contribution in [2.75, 3.05) is 6.61 Å². The van der Waals surface area contributed by atoms with Crippen LogP contribution < -0.4 is 0 Å². The van der Waals surface area contributed by atoms with E-state index in [1.165, 1.54) is 19.0 Å². The molecule has 5 heteroatoms. The van der Waals surface area contributed by atoms with E-state index in [4.69, 9.17) is 9.47 Å². The topological polar surface area (TPSA) is 65.5 Å². The maximum atomic E-state index is 12.0. The van der Waals surface area contributed by atoms with Crippen LogP contribution in [-0.4, -0.2) is 29.6 Å². The third-order valence-electron chi connectivity index (χ3n) is 4.68. The van der Waals surface area contributed by atoms with Gasteiger partial charge in [0.15, 0.2) is 0 Å². The largest absolute Gasteiger partial charge is 0.465 e. The van der Waals surface area contributed by atoms with E-state index < -0.39 is 0 Å². The molecule has 1 heterocycles. The van der Waals surface area contributed by atoms with Crippen LogP contribution in [0.2, 0.25) is 0 Å². The molecule has 0 aliphatic heterocycles. The molecule has 1 aromatic rings. The van der Waals surface area contributed by atoms with Gasteiger partial charge < -0.3 is 9.47 Å². The number of unbranched alkanes of at least 4 members (excludes halogenated alkanes) is 3. The summed E-state index contributed by atoms with van der Waals surface area (Å²) in [7, 11) is 0.